The van der Waals surface area contributed by atoms with Gasteiger partial charge in [-0.3, -0.25) is 4.79 Å². The molecule has 1 aliphatic heterocycles. The van der Waals surface area contributed by atoms with Crippen molar-refractivity contribution in [3.05, 3.63) is 30.3 Å². The van der Waals surface area contributed by atoms with Gasteiger partial charge in [-0.05, 0) is 45.7 Å². The van der Waals surface area contributed by atoms with Crippen molar-refractivity contribution in [2.75, 3.05) is 25.0 Å². The van der Waals surface area contributed by atoms with Gasteiger partial charge < -0.3 is 20.3 Å². The van der Waals surface area contributed by atoms with Crippen molar-refractivity contribution in [3.8, 4) is 0 Å². The van der Waals surface area contributed by atoms with E-state index in [1.807, 2.05) is 51.1 Å². The molecule has 1 saturated heterocycles. The number of nitrogens with one attached hydrogen (secondary N) is 2. The maximum atomic E-state index is 12.0. The third kappa shape index (κ3) is 7.56. The van der Waals surface area contributed by atoms with E-state index >= 15 is 0 Å². The molecule has 25 heavy (non-hydrogen) atoms. The molecule has 0 radical (unpaired) electrons. The van der Waals surface area contributed by atoms with Crippen molar-refractivity contribution in [2.45, 2.75) is 51.7 Å². The molecule has 0 bridgehead atoms. The van der Waals surface area contributed by atoms with Gasteiger partial charge in [0.1, 0.15) is 5.60 Å². The summed E-state index contributed by atoms with van der Waals surface area (Å²) in [6.45, 7) is 8.05. The van der Waals surface area contributed by atoms with Crippen molar-refractivity contribution >= 4 is 17.7 Å². The SMILES string of the molecule is CC(C)(C)OC(=O)NC1CCN(CCC(=O)Nc2ccccc2)CC1. The minimum atomic E-state index is -0.475. The van der Waals surface area contributed by atoms with Crippen LogP contribution in [0.1, 0.15) is 40.0 Å². The lowest BCUT2D eigenvalue weighted by molar-refractivity contribution is -0.116. The fourth-order valence-corrected chi connectivity index (χ4v) is 2.78. The van der Waals surface area contributed by atoms with Crippen LogP contribution in [0.4, 0.5) is 10.5 Å². The van der Waals surface area contributed by atoms with Crippen LogP contribution >= 0.6 is 0 Å². The van der Waals surface area contributed by atoms with Gasteiger partial charge >= 0.3 is 6.09 Å². The molecule has 1 aliphatic rings. The van der Waals surface area contributed by atoms with E-state index in [4.69, 9.17) is 4.74 Å². The Morgan fingerprint density at radius 1 is 1.16 bits per heavy atom. The molecule has 0 aliphatic carbocycles. The lowest BCUT2D eigenvalue weighted by Crippen LogP contribution is -2.46. The highest BCUT2D eigenvalue weighted by molar-refractivity contribution is 5.90. The van der Waals surface area contributed by atoms with E-state index in [9.17, 15) is 9.59 Å². The number of para-hydroxylation sites is 1. The number of piperidine rings is 1. The van der Waals surface area contributed by atoms with Gasteiger partial charge in [-0.1, -0.05) is 18.2 Å². The number of hydrogen-bond donors (Lipinski definition) is 2. The van der Waals surface area contributed by atoms with E-state index in [1.165, 1.54) is 0 Å². The zero-order valence-corrected chi connectivity index (χ0v) is 15.4. The van der Waals surface area contributed by atoms with Gasteiger partial charge in [-0.25, -0.2) is 4.79 Å². The maximum absolute atomic E-state index is 12.0. The number of anilines is 1. The van der Waals surface area contributed by atoms with Gasteiger partial charge in [-0.15, -0.1) is 0 Å². The van der Waals surface area contributed by atoms with Crippen LogP contribution in [0.2, 0.25) is 0 Å². The second-order valence-electron chi connectivity index (χ2n) is 7.43. The van der Waals surface area contributed by atoms with Crippen LogP contribution in [0.15, 0.2) is 30.3 Å². The summed E-state index contributed by atoms with van der Waals surface area (Å²) in [5.74, 6) is 0.0280. The Kier molecular flexibility index (Phi) is 6.82. The smallest absolute Gasteiger partial charge is 0.407 e. The Bertz CT molecular complexity index is 561. The third-order valence-corrected chi connectivity index (χ3v) is 4.02. The van der Waals surface area contributed by atoms with Crippen LogP contribution in [0, 0.1) is 0 Å². The highest BCUT2D eigenvalue weighted by atomic mass is 16.6. The second kappa shape index (κ2) is 8.85. The van der Waals surface area contributed by atoms with Gasteiger partial charge in [0, 0.05) is 37.8 Å². The predicted octanol–water partition coefficient (Wildman–Crippen LogP) is 3.00. The van der Waals surface area contributed by atoms with Crippen LogP contribution in [-0.2, 0) is 9.53 Å². The number of nitrogens with zero attached hydrogens (tertiary/aromatic N) is 1. The molecule has 1 heterocycles. The number of carbonyl (C=O) groups is 2. The van der Waals surface area contributed by atoms with Gasteiger partial charge in [-0.2, -0.15) is 0 Å². The van der Waals surface area contributed by atoms with Crippen molar-refractivity contribution in [3.63, 3.8) is 0 Å². The first-order valence-corrected chi connectivity index (χ1v) is 8.88. The van der Waals surface area contributed by atoms with E-state index in [2.05, 4.69) is 15.5 Å². The quantitative estimate of drug-likeness (QED) is 0.859. The Morgan fingerprint density at radius 2 is 1.80 bits per heavy atom. The molecule has 1 fully saturated rings. The number of benzene rings is 1. The number of hydrogen-bond acceptors (Lipinski definition) is 4. The van der Waals surface area contributed by atoms with Crippen LogP contribution in [-0.4, -0.2) is 48.2 Å². The second-order valence-corrected chi connectivity index (χ2v) is 7.43. The molecule has 138 valence electrons. The van der Waals surface area contributed by atoms with E-state index in [1.54, 1.807) is 0 Å². The third-order valence-electron chi connectivity index (χ3n) is 4.02. The zero-order chi connectivity index (χ0) is 18.3. The summed E-state index contributed by atoms with van der Waals surface area (Å²) in [4.78, 5) is 26.0. The van der Waals surface area contributed by atoms with Gasteiger partial charge in [0.05, 0.1) is 0 Å². The normalized spacial score (nSPS) is 16.3. The summed E-state index contributed by atoms with van der Waals surface area (Å²) in [7, 11) is 0. The molecular formula is C19H29N3O3. The largest absolute Gasteiger partial charge is 0.444 e. The summed E-state index contributed by atoms with van der Waals surface area (Å²) >= 11 is 0. The summed E-state index contributed by atoms with van der Waals surface area (Å²) < 4.78 is 5.29. The molecular weight excluding hydrogens is 318 g/mol. The number of alkyl carbamates (subject to hydrolysis) is 1. The van der Waals surface area contributed by atoms with Gasteiger partial charge in [0.25, 0.3) is 0 Å². The highest BCUT2D eigenvalue weighted by Gasteiger charge is 2.23. The molecule has 6 heteroatoms. The van der Waals surface area contributed by atoms with E-state index in [0.717, 1.165) is 38.2 Å². The minimum Gasteiger partial charge on any atom is -0.444 e. The van der Waals surface area contributed by atoms with Crippen molar-refractivity contribution < 1.29 is 14.3 Å². The van der Waals surface area contributed by atoms with E-state index in [-0.39, 0.29) is 18.0 Å². The van der Waals surface area contributed by atoms with Gasteiger partial charge in [0.2, 0.25) is 5.91 Å². The van der Waals surface area contributed by atoms with Crippen LogP contribution in [0.25, 0.3) is 0 Å². The Labute approximate surface area is 149 Å². The summed E-state index contributed by atoms with van der Waals surface area (Å²) in [6, 6.07) is 9.63. The first-order valence-electron chi connectivity index (χ1n) is 8.88. The fourth-order valence-electron chi connectivity index (χ4n) is 2.78. The van der Waals surface area contributed by atoms with E-state index < -0.39 is 5.60 Å². The average molecular weight is 347 g/mol. The Balaban J connectivity index is 1.63. The standard InChI is InChI=1S/C19H29N3O3/c1-19(2,3)25-18(24)21-16-9-12-22(13-10-16)14-11-17(23)20-15-7-5-4-6-8-15/h4-8,16H,9-14H2,1-3H3,(H,20,23)(H,21,24). The number of amides is 2. The number of rotatable bonds is 5. The van der Waals surface area contributed by atoms with Crippen LogP contribution < -0.4 is 10.6 Å². The molecule has 0 saturated carbocycles. The first-order chi connectivity index (χ1) is 11.8. The number of likely N-dealkylation sites (tertiary alicyclic amines) is 1. The van der Waals surface area contributed by atoms with E-state index in [0.29, 0.717) is 6.42 Å². The zero-order valence-electron chi connectivity index (χ0n) is 15.4. The molecule has 1 aromatic rings. The van der Waals surface area contributed by atoms with Crippen molar-refractivity contribution in [1.29, 1.82) is 0 Å². The highest BCUT2D eigenvalue weighted by Crippen LogP contribution is 2.13. The monoisotopic (exact) mass is 347 g/mol. The number of ether oxygens (including phenoxy) is 1. The predicted molar refractivity (Wildman–Crippen MR) is 98.5 cm³/mol. The molecule has 0 unspecified atom stereocenters. The molecule has 2 N–H and O–H groups in total. The molecule has 2 rings (SSSR count). The maximum Gasteiger partial charge on any atom is 0.407 e. The number of carbonyl (C=O) groups excluding carboxylic acids is 2. The first kappa shape index (κ1) is 19.2. The average Bonchev–Trinajstić information content (AvgIpc) is 2.53. The fraction of sp³-hybridized carbons (Fsp3) is 0.579. The summed E-state index contributed by atoms with van der Waals surface area (Å²) in [6.07, 6.45) is 1.87. The Morgan fingerprint density at radius 3 is 2.40 bits per heavy atom. The van der Waals surface area contributed by atoms with Crippen LogP contribution in [0.5, 0.6) is 0 Å². The van der Waals surface area contributed by atoms with Crippen molar-refractivity contribution in [2.24, 2.45) is 0 Å². The molecule has 0 spiro atoms. The molecule has 2 amide bonds. The lowest BCUT2D eigenvalue weighted by atomic mass is 10.1. The minimum absolute atomic E-state index is 0.0280. The molecule has 0 atom stereocenters. The molecule has 6 nitrogen and oxygen atoms in total. The summed E-state index contributed by atoms with van der Waals surface area (Å²) in [5.41, 5.74) is 0.351. The summed E-state index contributed by atoms with van der Waals surface area (Å²) in [5, 5.41) is 5.83. The molecule has 1 aromatic carbocycles. The molecule has 0 aromatic heterocycles. The Hall–Kier alpha value is -2.08. The topological polar surface area (TPSA) is 70.7 Å². The van der Waals surface area contributed by atoms with Crippen molar-refractivity contribution in [1.82, 2.24) is 10.2 Å². The van der Waals surface area contributed by atoms with Gasteiger partial charge in [0.15, 0.2) is 0 Å². The lowest BCUT2D eigenvalue weighted by Gasteiger charge is -2.32. The van der Waals surface area contributed by atoms with Crippen LogP contribution in [0.3, 0.4) is 0 Å².